The number of benzene rings is 3. The number of hydrogen-bond acceptors (Lipinski definition) is 5. The number of rotatable bonds is 6. The highest BCUT2D eigenvalue weighted by Crippen LogP contribution is 2.28. The SMILES string of the molecule is N#C/C(=C\Nc1ccc(C(N)=O)cc1)c1nc(-c2ccc(-c3ccccc3)cc2)cs1. The Morgan fingerprint density at radius 2 is 1.58 bits per heavy atom. The summed E-state index contributed by atoms with van der Waals surface area (Å²) in [5.41, 5.74) is 11.0. The van der Waals surface area contributed by atoms with Crippen LogP contribution in [-0.4, -0.2) is 10.9 Å². The highest BCUT2D eigenvalue weighted by molar-refractivity contribution is 7.11. The molecule has 0 radical (unpaired) electrons. The van der Waals surface area contributed by atoms with E-state index in [1.807, 2.05) is 35.7 Å². The van der Waals surface area contributed by atoms with Crippen LogP contribution in [0.15, 0.2) is 90.4 Å². The van der Waals surface area contributed by atoms with E-state index in [-0.39, 0.29) is 0 Å². The molecule has 0 aliphatic carbocycles. The Bertz CT molecular complexity index is 1270. The molecule has 4 rings (SSSR count). The van der Waals surface area contributed by atoms with E-state index in [9.17, 15) is 10.1 Å². The molecular formula is C25H18N4OS. The summed E-state index contributed by atoms with van der Waals surface area (Å²) in [6, 6.07) is 27.3. The van der Waals surface area contributed by atoms with Crippen molar-refractivity contribution in [1.82, 2.24) is 4.98 Å². The minimum Gasteiger partial charge on any atom is -0.366 e. The van der Waals surface area contributed by atoms with E-state index in [4.69, 9.17) is 5.73 Å². The first kappa shape index (κ1) is 20.1. The highest BCUT2D eigenvalue weighted by Gasteiger charge is 2.09. The van der Waals surface area contributed by atoms with Crippen LogP contribution in [0.1, 0.15) is 15.4 Å². The predicted molar refractivity (Wildman–Crippen MR) is 125 cm³/mol. The number of anilines is 1. The molecule has 4 aromatic rings. The number of carbonyl (C=O) groups excluding carboxylic acids is 1. The van der Waals surface area contributed by atoms with Gasteiger partial charge in [-0.15, -0.1) is 11.3 Å². The minimum atomic E-state index is -0.480. The maximum Gasteiger partial charge on any atom is 0.248 e. The fraction of sp³-hybridized carbons (Fsp3) is 0. The van der Waals surface area contributed by atoms with Crippen LogP contribution in [0.25, 0.3) is 28.0 Å². The molecule has 31 heavy (non-hydrogen) atoms. The van der Waals surface area contributed by atoms with E-state index in [2.05, 4.69) is 40.6 Å². The normalized spacial score (nSPS) is 11.0. The van der Waals surface area contributed by atoms with Crippen LogP contribution in [0.5, 0.6) is 0 Å². The van der Waals surface area contributed by atoms with E-state index in [1.165, 1.54) is 11.3 Å². The van der Waals surface area contributed by atoms with Crippen molar-refractivity contribution in [3.8, 4) is 28.5 Å². The Kier molecular flexibility index (Phi) is 5.88. The van der Waals surface area contributed by atoms with Gasteiger partial charge in [0.2, 0.25) is 5.91 Å². The lowest BCUT2D eigenvalue weighted by Gasteiger charge is -2.03. The fourth-order valence-electron chi connectivity index (χ4n) is 3.02. The maximum atomic E-state index is 11.2. The third-order valence-corrected chi connectivity index (χ3v) is 5.57. The second kappa shape index (κ2) is 9.08. The molecule has 0 unspecified atom stereocenters. The van der Waals surface area contributed by atoms with Gasteiger partial charge in [0.25, 0.3) is 0 Å². The van der Waals surface area contributed by atoms with Crippen molar-refractivity contribution >= 4 is 28.5 Å². The van der Waals surface area contributed by atoms with Gasteiger partial charge in [-0.05, 0) is 35.4 Å². The van der Waals surface area contributed by atoms with E-state index in [1.54, 1.807) is 30.5 Å². The van der Waals surface area contributed by atoms with Crippen molar-refractivity contribution in [3.63, 3.8) is 0 Å². The molecule has 0 atom stereocenters. The first-order valence-corrected chi connectivity index (χ1v) is 10.4. The number of nitrogens with zero attached hydrogens (tertiary/aromatic N) is 2. The van der Waals surface area contributed by atoms with E-state index in [0.29, 0.717) is 16.1 Å². The quantitative estimate of drug-likeness (QED) is 0.398. The summed E-state index contributed by atoms with van der Waals surface area (Å²) in [4.78, 5) is 15.8. The summed E-state index contributed by atoms with van der Waals surface area (Å²) in [6.07, 6.45) is 1.61. The lowest BCUT2D eigenvalue weighted by molar-refractivity contribution is 0.100. The third-order valence-electron chi connectivity index (χ3n) is 4.70. The van der Waals surface area contributed by atoms with Gasteiger partial charge in [0.1, 0.15) is 16.6 Å². The molecule has 0 aliphatic rings. The van der Waals surface area contributed by atoms with Crippen LogP contribution < -0.4 is 11.1 Å². The van der Waals surface area contributed by atoms with E-state index in [0.717, 1.165) is 28.1 Å². The first-order valence-electron chi connectivity index (χ1n) is 9.52. The van der Waals surface area contributed by atoms with Gasteiger partial charge in [-0.1, -0.05) is 54.6 Å². The standard InChI is InChI=1S/C25H18N4OS/c26-14-21(15-28-22-12-10-20(11-13-22)24(27)30)25-29-23(16-31-25)19-8-6-18(7-9-19)17-4-2-1-3-5-17/h1-13,15-16,28H,(H2,27,30)/b21-15+. The second-order valence-corrected chi connectivity index (χ2v) is 7.60. The molecule has 0 saturated heterocycles. The molecule has 0 spiro atoms. The lowest BCUT2D eigenvalue weighted by atomic mass is 10.0. The second-order valence-electron chi connectivity index (χ2n) is 6.74. The number of hydrogen-bond donors (Lipinski definition) is 2. The van der Waals surface area contributed by atoms with Gasteiger partial charge in [-0.25, -0.2) is 4.98 Å². The Hall–Kier alpha value is -4.21. The Balaban J connectivity index is 1.50. The van der Waals surface area contributed by atoms with E-state index >= 15 is 0 Å². The molecule has 0 aliphatic heterocycles. The minimum absolute atomic E-state index is 0.427. The van der Waals surface area contributed by atoms with Crippen LogP contribution in [0.4, 0.5) is 5.69 Å². The van der Waals surface area contributed by atoms with Gasteiger partial charge in [0.15, 0.2) is 0 Å². The topological polar surface area (TPSA) is 91.8 Å². The number of amides is 1. The Morgan fingerprint density at radius 1 is 0.935 bits per heavy atom. The average molecular weight is 423 g/mol. The highest BCUT2D eigenvalue weighted by atomic mass is 32.1. The van der Waals surface area contributed by atoms with Crippen molar-refractivity contribution in [2.24, 2.45) is 5.73 Å². The first-order chi connectivity index (χ1) is 15.1. The van der Waals surface area contributed by atoms with Gasteiger partial charge in [0.05, 0.1) is 5.69 Å². The summed E-state index contributed by atoms with van der Waals surface area (Å²) in [6.45, 7) is 0. The van der Waals surface area contributed by atoms with Gasteiger partial charge in [-0.3, -0.25) is 4.79 Å². The van der Waals surface area contributed by atoms with Crippen molar-refractivity contribution in [2.45, 2.75) is 0 Å². The summed E-state index contributed by atoms with van der Waals surface area (Å²) < 4.78 is 0. The largest absolute Gasteiger partial charge is 0.366 e. The zero-order chi connectivity index (χ0) is 21.6. The molecule has 5 nitrogen and oxygen atoms in total. The molecule has 6 heteroatoms. The number of primary amides is 1. The summed E-state index contributed by atoms with van der Waals surface area (Å²) in [7, 11) is 0. The number of nitriles is 1. The molecule has 3 aromatic carbocycles. The van der Waals surface area contributed by atoms with Crippen molar-refractivity contribution in [2.75, 3.05) is 5.32 Å². The monoisotopic (exact) mass is 422 g/mol. The summed E-state index contributed by atoms with van der Waals surface area (Å²) in [5, 5.41) is 15.2. The van der Waals surface area contributed by atoms with Crippen molar-refractivity contribution in [3.05, 3.63) is 101 Å². The van der Waals surface area contributed by atoms with Crippen LogP contribution in [0.3, 0.4) is 0 Å². The Morgan fingerprint density at radius 3 is 2.23 bits per heavy atom. The molecular weight excluding hydrogens is 404 g/mol. The van der Waals surface area contributed by atoms with Crippen LogP contribution in [0.2, 0.25) is 0 Å². The molecule has 1 heterocycles. The predicted octanol–water partition coefficient (Wildman–Crippen LogP) is 5.55. The average Bonchev–Trinajstić information content (AvgIpc) is 3.30. The molecule has 150 valence electrons. The molecule has 0 fully saturated rings. The number of thiazole rings is 1. The number of aromatic nitrogens is 1. The number of nitrogens with two attached hydrogens (primary N) is 1. The molecule has 1 aromatic heterocycles. The molecule has 0 saturated carbocycles. The zero-order valence-electron chi connectivity index (χ0n) is 16.4. The summed E-state index contributed by atoms with van der Waals surface area (Å²) >= 11 is 1.42. The molecule has 0 bridgehead atoms. The maximum absolute atomic E-state index is 11.2. The van der Waals surface area contributed by atoms with Crippen molar-refractivity contribution in [1.29, 1.82) is 5.26 Å². The number of allylic oxidation sites excluding steroid dienone is 1. The lowest BCUT2D eigenvalue weighted by Crippen LogP contribution is -2.10. The van der Waals surface area contributed by atoms with E-state index < -0.39 is 5.91 Å². The van der Waals surface area contributed by atoms with Crippen molar-refractivity contribution < 1.29 is 4.79 Å². The number of carbonyl (C=O) groups is 1. The van der Waals surface area contributed by atoms with Gasteiger partial charge < -0.3 is 11.1 Å². The molecule has 1 amide bonds. The zero-order valence-corrected chi connectivity index (χ0v) is 17.3. The third kappa shape index (κ3) is 4.69. The Labute approximate surface area is 184 Å². The van der Waals surface area contributed by atoms with Crippen LogP contribution in [0, 0.1) is 11.3 Å². The van der Waals surface area contributed by atoms with Gasteiger partial charge in [-0.2, -0.15) is 5.26 Å². The fourth-order valence-corrected chi connectivity index (χ4v) is 3.82. The van der Waals surface area contributed by atoms with Crippen LogP contribution >= 0.6 is 11.3 Å². The number of nitrogens with one attached hydrogen (secondary N) is 1. The summed E-state index contributed by atoms with van der Waals surface area (Å²) in [5.74, 6) is -0.480. The smallest absolute Gasteiger partial charge is 0.248 e. The molecule has 3 N–H and O–H groups in total. The van der Waals surface area contributed by atoms with Crippen LogP contribution in [-0.2, 0) is 0 Å². The van der Waals surface area contributed by atoms with Gasteiger partial charge >= 0.3 is 0 Å². The van der Waals surface area contributed by atoms with Gasteiger partial charge in [0, 0.05) is 28.4 Å².